The van der Waals surface area contributed by atoms with Gasteiger partial charge in [-0.2, -0.15) is 5.10 Å². The number of benzene rings is 2. The lowest BCUT2D eigenvalue weighted by molar-refractivity contribution is 0.943. The summed E-state index contributed by atoms with van der Waals surface area (Å²) >= 11 is 0. The average molecular weight is 260 g/mol. The molecule has 2 aromatic carbocycles. The van der Waals surface area contributed by atoms with Crippen LogP contribution in [0.4, 0.5) is 0 Å². The first kappa shape index (κ1) is 11.5. The van der Waals surface area contributed by atoms with E-state index in [2.05, 4.69) is 65.7 Å². The third-order valence-corrected chi connectivity index (χ3v) is 4.20. The molecule has 1 N–H and O–H groups in total. The zero-order valence-electron chi connectivity index (χ0n) is 11.5. The Balaban J connectivity index is 1.92. The van der Waals surface area contributed by atoms with Gasteiger partial charge >= 0.3 is 0 Å². The molecule has 0 bridgehead atoms. The predicted octanol–water partition coefficient (Wildman–Crippen LogP) is 4.15. The molecule has 2 nitrogen and oxygen atoms in total. The van der Waals surface area contributed by atoms with Gasteiger partial charge in [-0.1, -0.05) is 48.5 Å². The third-order valence-electron chi connectivity index (χ3n) is 4.20. The molecule has 4 rings (SSSR count). The molecule has 1 aliphatic rings. The van der Waals surface area contributed by atoms with Gasteiger partial charge in [-0.05, 0) is 30.9 Å². The largest absolute Gasteiger partial charge is 0.277 e. The van der Waals surface area contributed by atoms with Gasteiger partial charge in [0.15, 0.2) is 0 Å². The summed E-state index contributed by atoms with van der Waals surface area (Å²) in [5.74, 6) is 0. The average Bonchev–Trinajstić information content (AvgIpc) is 2.92. The Hall–Kier alpha value is -2.35. The lowest BCUT2D eigenvalue weighted by atomic mass is 9.87. The van der Waals surface area contributed by atoms with Crippen LogP contribution in [0.1, 0.15) is 16.7 Å². The van der Waals surface area contributed by atoms with Crippen LogP contribution in [-0.2, 0) is 12.8 Å². The number of aromatic amines is 1. The van der Waals surface area contributed by atoms with Gasteiger partial charge in [-0.15, -0.1) is 0 Å². The molecule has 0 aliphatic heterocycles. The van der Waals surface area contributed by atoms with Crippen LogP contribution in [0.15, 0.2) is 48.5 Å². The van der Waals surface area contributed by atoms with Crippen molar-refractivity contribution in [2.45, 2.75) is 19.8 Å². The normalized spacial score (nSPS) is 12.8. The lowest BCUT2D eigenvalue weighted by Gasteiger charge is -2.16. The van der Waals surface area contributed by atoms with E-state index in [1.807, 2.05) is 0 Å². The maximum atomic E-state index is 4.59. The number of hydrogen-bond donors (Lipinski definition) is 1. The fourth-order valence-electron chi connectivity index (χ4n) is 3.14. The Morgan fingerprint density at radius 1 is 0.900 bits per heavy atom. The van der Waals surface area contributed by atoms with Crippen molar-refractivity contribution in [3.8, 4) is 22.5 Å². The minimum absolute atomic E-state index is 1.06. The van der Waals surface area contributed by atoms with Crippen molar-refractivity contribution >= 4 is 0 Å². The first-order chi connectivity index (χ1) is 9.84. The van der Waals surface area contributed by atoms with Crippen molar-refractivity contribution in [3.63, 3.8) is 0 Å². The van der Waals surface area contributed by atoms with E-state index in [9.17, 15) is 0 Å². The van der Waals surface area contributed by atoms with Gasteiger partial charge in [0.2, 0.25) is 0 Å². The van der Waals surface area contributed by atoms with Crippen LogP contribution in [0.25, 0.3) is 22.5 Å². The zero-order chi connectivity index (χ0) is 13.5. The molecule has 1 aromatic heterocycles. The van der Waals surface area contributed by atoms with E-state index in [4.69, 9.17) is 0 Å². The Labute approximate surface area is 118 Å². The Bertz CT molecular complexity index is 784. The molecule has 0 fully saturated rings. The van der Waals surface area contributed by atoms with Crippen LogP contribution >= 0.6 is 0 Å². The van der Waals surface area contributed by atoms with Crippen LogP contribution in [0, 0.1) is 6.92 Å². The van der Waals surface area contributed by atoms with Crippen molar-refractivity contribution in [2.24, 2.45) is 0 Å². The van der Waals surface area contributed by atoms with E-state index < -0.39 is 0 Å². The number of aromatic nitrogens is 2. The first-order valence-corrected chi connectivity index (χ1v) is 7.06. The quantitative estimate of drug-likeness (QED) is 0.699. The molecular formula is C18H16N2. The van der Waals surface area contributed by atoms with E-state index in [1.54, 1.807) is 0 Å². The fraction of sp³-hybridized carbons (Fsp3) is 0.167. The monoisotopic (exact) mass is 260 g/mol. The Kier molecular flexibility index (Phi) is 2.49. The predicted molar refractivity (Wildman–Crippen MR) is 81.6 cm³/mol. The molecule has 0 atom stereocenters. The summed E-state index contributed by atoms with van der Waals surface area (Å²) in [6.45, 7) is 2.15. The molecule has 0 saturated heterocycles. The minimum atomic E-state index is 1.06. The Morgan fingerprint density at radius 3 is 2.50 bits per heavy atom. The molecule has 0 unspecified atom stereocenters. The van der Waals surface area contributed by atoms with Crippen LogP contribution in [0.5, 0.6) is 0 Å². The SMILES string of the molecule is Cc1ccccc1-c1[nH]nc2c1CCc1ccccc1-2. The summed E-state index contributed by atoms with van der Waals surface area (Å²) < 4.78 is 0. The van der Waals surface area contributed by atoms with Crippen molar-refractivity contribution in [3.05, 3.63) is 65.2 Å². The van der Waals surface area contributed by atoms with Gasteiger partial charge < -0.3 is 0 Å². The maximum Gasteiger partial charge on any atom is 0.0962 e. The van der Waals surface area contributed by atoms with E-state index in [0.29, 0.717) is 0 Å². The lowest BCUT2D eigenvalue weighted by Crippen LogP contribution is -2.03. The summed E-state index contributed by atoms with van der Waals surface area (Å²) in [4.78, 5) is 0. The number of nitrogens with one attached hydrogen (secondary N) is 1. The summed E-state index contributed by atoms with van der Waals surface area (Å²) in [6.07, 6.45) is 2.16. The molecule has 0 amide bonds. The van der Waals surface area contributed by atoms with E-state index >= 15 is 0 Å². The highest BCUT2D eigenvalue weighted by Gasteiger charge is 2.22. The molecular weight excluding hydrogens is 244 g/mol. The van der Waals surface area contributed by atoms with E-state index in [0.717, 1.165) is 18.5 Å². The third kappa shape index (κ3) is 1.61. The van der Waals surface area contributed by atoms with Crippen molar-refractivity contribution in [1.29, 1.82) is 0 Å². The van der Waals surface area contributed by atoms with E-state index in [1.165, 1.54) is 33.5 Å². The molecule has 0 radical (unpaired) electrons. The van der Waals surface area contributed by atoms with Crippen LogP contribution in [0.2, 0.25) is 0 Å². The Morgan fingerprint density at radius 2 is 1.65 bits per heavy atom. The topological polar surface area (TPSA) is 28.7 Å². The zero-order valence-corrected chi connectivity index (χ0v) is 11.5. The highest BCUT2D eigenvalue weighted by Crippen LogP contribution is 2.37. The van der Waals surface area contributed by atoms with Crippen LogP contribution in [0.3, 0.4) is 0 Å². The number of fused-ring (bicyclic) bond motifs is 3. The molecule has 2 heteroatoms. The summed E-state index contributed by atoms with van der Waals surface area (Å²) in [5, 5.41) is 7.85. The number of rotatable bonds is 1. The van der Waals surface area contributed by atoms with Crippen molar-refractivity contribution < 1.29 is 0 Å². The van der Waals surface area contributed by atoms with Gasteiger partial charge in [0.05, 0.1) is 11.4 Å². The highest BCUT2D eigenvalue weighted by molar-refractivity contribution is 5.78. The van der Waals surface area contributed by atoms with Crippen LogP contribution < -0.4 is 0 Å². The fourth-order valence-corrected chi connectivity index (χ4v) is 3.14. The van der Waals surface area contributed by atoms with Crippen molar-refractivity contribution in [1.82, 2.24) is 10.2 Å². The number of nitrogens with zero attached hydrogens (tertiary/aromatic N) is 1. The first-order valence-electron chi connectivity index (χ1n) is 7.06. The van der Waals surface area contributed by atoms with Gasteiger partial charge in [0, 0.05) is 16.7 Å². The summed E-state index contributed by atoms with van der Waals surface area (Å²) in [5.41, 5.74) is 8.92. The number of aryl methyl sites for hydroxylation is 2. The van der Waals surface area contributed by atoms with Crippen LogP contribution in [-0.4, -0.2) is 10.2 Å². The minimum Gasteiger partial charge on any atom is -0.277 e. The summed E-state index contributed by atoms with van der Waals surface area (Å²) in [7, 11) is 0. The maximum absolute atomic E-state index is 4.59. The smallest absolute Gasteiger partial charge is 0.0962 e. The molecule has 1 heterocycles. The number of hydrogen-bond acceptors (Lipinski definition) is 1. The van der Waals surface area contributed by atoms with Gasteiger partial charge in [-0.3, -0.25) is 5.10 Å². The van der Waals surface area contributed by atoms with Gasteiger partial charge in [0.25, 0.3) is 0 Å². The molecule has 0 spiro atoms. The molecule has 3 aromatic rings. The van der Waals surface area contributed by atoms with Crippen molar-refractivity contribution in [2.75, 3.05) is 0 Å². The molecule has 98 valence electrons. The van der Waals surface area contributed by atoms with Gasteiger partial charge in [0.1, 0.15) is 0 Å². The molecule has 20 heavy (non-hydrogen) atoms. The highest BCUT2D eigenvalue weighted by atomic mass is 15.1. The second kappa shape index (κ2) is 4.34. The van der Waals surface area contributed by atoms with Gasteiger partial charge in [-0.25, -0.2) is 0 Å². The standard InChI is InChI=1S/C18H16N2/c1-12-6-2-4-8-14(12)17-16-11-10-13-7-3-5-9-15(13)18(16)20-19-17/h2-9H,10-11H2,1H3,(H,19,20). The number of H-pyrrole nitrogens is 1. The second-order valence-electron chi connectivity index (χ2n) is 5.40. The van der Waals surface area contributed by atoms with E-state index in [-0.39, 0.29) is 0 Å². The second-order valence-corrected chi connectivity index (χ2v) is 5.40. The molecule has 1 aliphatic carbocycles. The summed E-state index contributed by atoms with van der Waals surface area (Å²) in [6, 6.07) is 17.1. The molecule has 0 saturated carbocycles.